The van der Waals surface area contributed by atoms with E-state index in [9.17, 15) is 24.6 Å². The maximum Gasteiger partial charge on any atom is 0.316 e. The average Bonchev–Trinajstić information content (AvgIpc) is 3.23. The Bertz CT molecular complexity index is 913. The maximum absolute atomic E-state index is 13.5. The highest BCUT2D eigenvalue weighted by Crippen LogP contribution is 2.68. The number of aliphatic hydroxyl groups excluding tert-OH is 2. The first-order valence-corrected chi connectivity index (χ1v) is 15.0. The largest absolute Gasteiger partial charge is 0.461 e. The second-order valence-electron chi connectivity index (χ2n) is 12.8. The molecular formula is C29H45NO6S. The van der Waals surface area contributed by atoms with Gasteiger partial charge in [-0.05, 0) is 62.2 Å². The van der Waals surface area contributed by atoms with Crippen molar-refractivity contribution in [3.8, 4) is 0 Å². The number of carbonyl (C=O) groups is 3. The van der Waals surface area contributed by atoms with Crippen LogP contribution in [0.4, 0.5) is 0 Å². The molecule has 3 N–H and O–H groups in total. The molecule has 4 aliphatic carbocycles. The number of carbonyl (C=O) groups excluding carboxylic acids is 3. The molecule has 4 saturated carbocycles. The summed E-state index contributed by atoms with van der Waals surface area (Å²) >= 11 is 1.37. The molecule has 4 fully saturated rings. The van der Waals surface area contributed by atoms with Crippen molar-refractivity contribution in [2.45, 2.75) is 109 Å². The summed E-state index contributed by atoms with van der Waals surface area (Å²) in [5, 5.41) is 24.7. The minimum absolute atomic E-state index is 0.000283. The molecule has 0 aliphatic heterocycles. The van der Waals surface area contributed by atoms with Crippen molar-refractivity contribution in [2.75, 3.05) is 5.75 Å². The van der Waals surface area contributed by atoms with Gasteiger partial charge in [0.25, 0.3) is 0 Å². The quantitative estimate of drug-likeness (QED) is 0.259. The summed E-state index contributed by atoms with van der Waals surface area (Å²) in [4.78, 5) is 37.7. The molecule has 0 radical (unpaired) electrons. The van der Waals surface area contributed by atoms with Crippen LogP contribution in [0.5, 0.6) is 0 Å². The van der Waals surface area contributed by atoms with Gasteiger partial charge in [-0.2, -0.15) is 0 Å². The van der Waals surface area contributed by atoms with E-state index < -0.39 is 29.1 Å². The van der Waals surface area contributed by atoms with Crippen molar-refractivity contribution in [1.82, 2.24) is 5.32 Å². The van der Waals surface area contributed by atoms with Crippen molar-refractivity contribution in [2.24, 2.45) is 34.0 Å². The van der Waals surface area contributed by atoms with E-state index in [1.807, 2.05) is 6.92 Å². The normalized spacial score (nSPS) is 47.8. The number of rotatable bonds is 7. The van der Waals surface area contributed by atoms with Crippen molar-refractivity contribution >= 4 is 29.9 Å². The smallest absolute Gasteiger partial charge is 0.316 e. The molecule has 11 atom stereocenters. The molecule has 37 heavy (non-hydrogen) atoms. The van der Waals surface area contributed by atoms with Gasteiger partial charge in [-0.25, -0.2) is 0 Å². The molecule has 208 valence electrons. The van der Waals surface area contributed by atoms with Crippen molar-refractivity contribution in [3.05, 3.63) is 12.7 Å². The van der Waals surface area contributed by atoms with Crippen LogP contribution in [-0.4, -0.2) is 63.7 Å². The number of hydrogen-bond acceptors (Lipinski definition) is 7. The molecule has 2 unspecified atom stereocenters. The first kappa shape index (κ1) is 28.6. The van der Waals surface area contributed by atoms with Gasteiger partial charge in [-0.3, -0.25) is 14.4 Å². The molecule has 0 aromatic heterocycles. The number of Topliss-reactive ketones (excluding diaryl/α,β-unsaturated/α-hetero) is 1. The number of ketones is 1. The van der Waals surface area contributed by atoms with Gasteiger partial charge in [0.05, 0.1) is 18.0 Å². The molecule has 0 spiro atoms. The Morgan fingerprint density at radius 2 is 1.95 bits per heavy atom. The predicted molar refractivity (Wildman–Crippen MR) is 144 cm³/mol. The lowest BCUT2D eigenvalue weighted by molar-refractivity contribution is -0.205. The van der Waals surface area contributed by atoms with Gasteiger partial charge >= 0.3 is 5.97 Å². The monoisotopic (exact) mass is 535 g/mol. The summed E-state index contributed by atoms with van der Waals surface area (Å²) in [5.41, 5.74) is -1.49. The van der Waals surface area contributed by atoms with Gasteiger partial charge in [0.15, 0.2) is 0 Å². The summed E-state index contributed by atoms with van der Waals surface area (Å²) in [6.45, 7) is 12.5. The first-order chi connectivity index (χ1) is 17.4. The van der Waals surface area contributed by atoms with Crippen molar-refractivity contribution in [1.29, 1.82) is 0 Å². The zero-order valence-corrected chi connectivity index (χ0v) is 23.6. The van der Waals surface area contributed by atoms with E-state index in [-0.39, 0.29) is 52.0 Å². The predicted octanol–water partition coefficient (Wildman–Crippen LogP) is 3.65. The number of nitrogens with one attached hydrogen (secondary N) is 1. The van der Waals surface area contributed by atoms with Crippen LogP contribution in [0.1, 0.15) is 79.1 Å². The fourth-order valence-electron chi connectivity index (χ4n) is 8.41. The second kappa shape index (κ2) is 10.6. The fourth-order valence-corrected chi connectivity index (χ4v) is 9.55. The third kappa shape index (κ3) is 4.80. The molecule has 8 heteroatoms. The van der Waals surface area contributed by atoms with Gasteiger partial charge < -0.3 is 20.3 Å². The highest BCUT2D eigenvalue weighted by Gasteiger charge is 2.68. The highest BCUT2D eigenvalue weighted by molar-refractivity contribution is 8.00. The number of esters is 1. The van der Waals surface area contributed by atoms with E-state index >= 15 is 0 Å². The number of ether oxygens (including phenoxy) is 1. The zero-order chi connectivity index (χ0) is 27.2. The van der Waals surface area contributed by atoms with Crippen molar-refractivity contribution < 1.29 is 29.3 Å². The van der Waals surface area contributed by atoms with Crippen molar-refractivity contribution in [3.63, 3.8) is 0 Å². The van der Waals surface area contributed by atoms with Gasteiger partial charge in [-0.15, -0.1) is 18.3 Å². The lowest BCUT2D eigenvalue weighted by Crippen LogP contribution is -2.63. The summed E-state index contributed by atoms with van der Waals surface area (Å²) < 4.78 is 6.30. The highest BCUT2D eigenvalue weighted by atomic mass is 32.2. The van der Waals surface area contributed by atoms with E-state index in [1.165, 1.54) is 11.8 Å². The van der Waals surface area contributed by atoms with Crippen LogP contribution in [0.2, 0.25) is 0 Å². The summed E-state index contributed by atoms with van der Waals surface area (Å²) in [6, 6.07) is 0.000283. The Labute approximate surface area is 225 Å². The minimum Gasteiger partial charge on any atom is -0.461 e. The molecule has 0 aromatic carbocycles. The fraction of sp³-hybridized carbons (Fsp3) is 0.828. The molecule has 4 rings (SSSR count). The van der Waals surface area contributed by atoms with E-state index in [0.29, 0.717) is 32.1 Å². The molecule has 0 heterocycles. The Balaban J connectivity index is 1.59. The summed E-state index contributed by atoms with van der Waals surface area (Å²) in [6.07, 6.45) is 6.18. The van der Waals surface area contributed by atoms with Gasteiger partial charge in [0.2, 0.25) is 6.41 Å². The topological polar surface area (TPSA) is 113 Å². The van der Waals surface area contributed by atoms with Crippen LogP contribution in [0.3, 0.4) is 0 Å². The molecule has 0 saturated heterocycles. The number of hydrogen-bond donors (Lipinski definition) is 3. The van der Waals surface area contributed by atoms with Crippen LogP contribution >= 0.6 is 11.8 Å². The second-order valence-corrected chi connectivity index (χ2v) is 14.0. The lowest BCUT2D eigenvalue weighted by atomic mass is 9.44. The third-order valence-electron chi connectivity index (χ3n) is 11.1. The van der Waals surface area contributed by atoms with E-state index in [4.69, 9.17) is 4.74 Å². The van der Waals surface area contributed by atoms with Crippen LogP contribution in [0.25, 0.3) is 0 Å². The Morgan fingerprint density at radius 1 is 1.22 bits per heavy atom. The van der Waals surface area contributed by atoms with E-state index in [0.717, 1.165) is 25.7 Å². The van der Waals surface area contributed by atoms with E-state index in [2.05, 4.69) is 32.7 Å². The average molecular weight is 536 g/mol. The molecular weight excluding hydrogens is 490 g/mol. The third-order valence-corrected chi connectivity index (χ3v) is 12.4. The molecule has 4 aliphatic rings. The Hall–Kier alpha value is -1.38. The summed E-state index contributed by atoms with van der Waals surface area (Å²) in [5.74, 6) is -0.161. The van der Waals surface area contributed by atoms with Gasteiger partial charge in [0.1, 0.15) is 11.9 Å². The minimum atomic E-state index is -0.688. The number of thioether (sulfide) groups is 1. The lowest BCUT2D eigenvalue weighted by Gasteiger charge is -2.61. The number of amides is 1. The molecule has 2 bridgehead atoms. The molecule has 1 amide bonds. The van der Waals surface area contributed by atoms with Crippen LogP contribution < -0.4 is 5.32 Å². The SMILES string of the molecule is C=C[C@]1(C)C[C@@H](OC(=O)CS[C@H]2C[C@H](NC=O)CC[C@@H]2O)[C@]2(C)C(C)CCC3(CCC(=O)[C@H]32)[C@@H](C)[C@@H]1O. The molecule has 7 nitrogen and oxygen atoms in total. The van der Waals surface area contributed by atoms with Crippen LogP contribution in [0, 0.1) is 34.0 Å². The summed E-state index contributed by atoms with van der Waals surface area (Å²) in [7, 11) is 0. The maximum atomic E-state index is 13.5. The Kier molecular flexibility index (Phi) is 8.24. The molecule has 0 aromatic rings. The first-order valence-electron chi connectivity index (χ1n) is 14.0. The zero-order valence-electron chi connectivity index (χ0n) is 22.8. The Morgan fingerprint density at radius 3 is 2.62 bits per heavy atom. The van der Waals surface area contributed by atoms with Gasteiger partial charge in [-0.1, -0.05) is 33.8 Å². The number of aliphatic hydroxyl groups is 2. The van der Waals surface area contributed by atoms with Crippen LogP contribution in [-0.2, 0) is 19.1 Å². The van der Waals surface area contributed by atoms with E-state index in [1.54, 1.807) is 6.08 Å². The van der Waals surface area contributed by atoms with Gasteiger partial charge in [0, 0.05) is 34.5 Å². The van der Waals surface area contributed by atoms with Crippen LogP contribution in [0.15, 0.2) is 12.7 Å². The standard InChI is InChI=1S/C29H45NO6S/c1-6-27(4)14-23(36-24(34)15-37-22-13-19(30-16-31)7-8-20(22)32)28(5)17(2)9-11-29(18(3)26(27)35)12-10-21(33)25(28)29/h6,16-20,22-23,25-26,32,35H,1,7-15H2,2-5H3,(H,30,31)/t17?,18-,19+,20-,22-,23+,25-,26-,27+,28-,29?/m0/s1.